The average molecular weight is 381 g/mol. The second-order valence-corrected chi connectivity index (χ2v) is 8.62. The summed E-state index contributed by atoms with van der Waals surface area (Å²) in [6, 6.07) is 8.80. The van der Waals surface area contributed by atoms with E-state index in [1.807, 2.05) is 12.4 Å². The fourth-order valence-corrected chi connectivity index (χ4v) is 3.62. The van der Waals surface area contributed by atoms with Gasteiger partial charge < -0.3 is 0 Å². The lowest BCUT2D eigenvalue weighted by molar-refractivity contribution is 0.515. The van der Waals surface area contributed by atoms with Crippen LogP contribution in [0.25, 0.3) is 11.4 Å². The highest BCUT2D eigenvalue weighted by atomic mass is 14.9. The summed E-state index contributed by atoms with van der Waals surface area (Å²) in [5.74, 6) is 1.69. The van der Waals surface area contributed by atoms with Crippen LogP contribution in [0.15, 0.2) is 36.7 Å². The molecule has 0 atom stereocenters. The van der Waals surface area contributed by atoms with Crippen LogP contribution in [0.1, 0.15) is 96.1 Å². The van der Waals surface area contributed by atoms with Crippen molar-refractivity contribution < 1.29 is 0 Å². The Hall–Kier alpha value is -1.70. The van der Waals surface area contributed by atoms with E-state index in [2.05, 4.69) is 55.0 Å². The molecule has 0 aliphatic heterocycles. The Morgan fingerprint density at radius 1 is 0.679 bits per heavy atom. The molecule has 28 heavy (non-hydrogen) atoms. The molecule has 2 heteroatoms. The number of aromatic nitrogens is 2. The van der Waals surface area contributed by atoms with Gasteiger partial charge >= 0.3 is 0 Å². The highest BCUT2D eigenvalue weighted by Crippen LogP contribution is 2.18. The second kappa shape index (κ2) is 13.5. The minimum Gasteiger partial charge on any atom is -0.236 e. The Bertz CT molecular complexity index is 628. The van der Waals surface area contributed by atoms with Crippen molar-refractivity contribution >= 4 is 0 Å². The third-order valence-corrected chi connectivity index (χ3v) is 5.48. The van der Waals surface area contributed by atoms with Gasteiger partial charge in [0, 0.05) is 18.0 Å². The average Bonchev–Trinajstić information content (AvgIpc) is 2.71. The molecular weight excluding hydrogens is 340 g/mol. The first-order chi connectivity index (χ1) is 13.7. The summed E-state index contributed by atoms with van der Waals surface area (Å²) in [4.78, 5) is 9.20. The SMILES string of the molecule is CCCCCCc1ccc(-c2ncc(CCCCCCCC(C)C)cn2)cc1. The molecule has 0 unspecified atom stereocenters. The summed E-state index contributed by atoms with van der Waals surface area (Å²) >= 11 is 0. The van der Waals surface area contributed by atoms with Crippen molar-refractivity contribution in [2.45, 2.75) is 97.8 Å². The molecule has 154 valence electrons. The first-order valence-electron chi connectivity index (χ1n) is 11.6. The molecule has 0 radical (unpaired) electrons. The predicted molar refractivity (Wildman–Crippen MR) is 122 cm³/mol. The lowest BCUT2D eigenvalue weighted by atomic mass is 10.0. The predicted octanol–water partition coefficient (Wildman–Crippen LogP) is 7.81. The molecule has 1 aromatic heterocycles. The Kier molecular flexibility index (Phi) is 10.9. The van der Waals surface area contributed by atoms with E-state index in [1.165, 1.54) is 81.8 Å². The van der Waals surface area contributed by atoms with Crippen molar-refractivity contribution in [3.8, 4) is 11.4 Å². The van der Waals surface area contributed by atoms with Crippen LogP contribution in [-0.4, -0.2) is 9.97 Å². The van der Waals surface area contributed by atoms with Crippen LogP contribution in [0.5, 0.6) is 0 Å². The van der Waals surface area contributed by atoms with E-state index in [4.69, 9.17) is 0 Å². The Labute approximate surface area is 173 Å². The maximum Gasteiger partial charge on any atom is 0.159 e. The number of hydrogen-bond acceptors (Lipinski definition) is 2. The van der Waals surface area contributed by atoms with Gasteiger partial charge in [0.15, 0.2) is 5.82 Å². The van der Waals surface area contributed by atoms with E-state index in [-0.39, 0.29) is 0 Å². The molecule has 0 aliphatic rings. The van der Waals surface area contributed by atoms with Crippen molar-refractivity contribution in [2.24, 2.45) is 5.92 Å². The summed E-state index contributed by atoms with van der Waals surface area (Å²) in [5.41, 5.74) is 3.80. The second-order valence-electron chi connectivity index (χ2n) is 8.62. The summed E-state index contributed by atoms with van der Waals surface area (Å²) in [5, 5.41) is 0. The van der Waals surface area contributed by atoms with E-state index < -0.39 is 0 Å². The molecule has 0 saturated carbocycles. The van der Waals surface area contributed by atoms with Gasteiger partial charge in [-0.25, -0.2) is 9.97 Å². The van der Waals surface area contributed by atoms with Crippen LogP contribution in [-0.2, 0) is 12.8 Å². The third kappa shape index (κ3) is 8.99. The number of nitrogens with zero attached hydrogens (tertiary/aromatic N) is 2. The highest BCUT2D eigenvalue weighted by Gasteiger charge is 2.03. The first kappa shape index (κ1) is 22.6. The van der Waals surface area contributed by atoms with Crippen molar-refractivity contribution in [3.63, 3.8) is 0 Å². The lowest BCUT2D eigenvalue weighted by Crippen LogP contribution is -1.94. The third-order valence-electron chi connectivity index (χ3n) is 5.48. The van der Waals surface area contributed by atoms with Gasteiger partial charge in [0.1, 0.15) is 0 Å². The molecule has 0 saturated heterocycles. The summed E-state index contributed by atoms with van der Waals surface area (Å²) in [6.45, 7) is 6.88. The van der Waals surface area contributed by atoms with Gasteiger partial charge in [0.25, 0.3) is 0 Å². The molecule has 0 N–H and O–H groups in total. The monoisotopic (exact) mass is 380 g/mol. The van der Waals surface area contributed by atoms with E-state index in [0.29, 0.717) is 0 Å². The molecule has 0 spiro atoms. The van der Waals surface area contributed by atoms with Crippen LogP contribution in [0, 0.1) is 5.92 Å². The maximum absolute atomic E-state index is 4.60. The number of unbranched alkanes of at least 4 members (excludes halogenated alkanes) is 7. The van der Waals surface area contributed by atoms with E-state index in [9.17, 15) is 0 Å². The number of rotatable bonds is 14. The van der Waals surface area contributed by atoms with Crippen LogP contribution < -0.4 is 0 Å². The molecule has 1 heterocycles. The van der Waals surface area contributed by atoms with Gasteiger partial charge in [-0.1, -0.05) is 96.4 Å². The standard InChI is InChI=1S/C26H40N2/c1-4-5-6-11-14-23-16-18-25(19-17-23)26-27-20-24(21-28-26)15-12-9-7-8-10-13-22(2)3/h16-22H,4-15H2,1-3H3. The summed E-state index contributed by atoms with van der Waals surface area (Å²) < 4.78 is 0. The zero-order valence-electron chi connectivity index (χ0n) is 18.4. The Balaban J connectivity index is 1.70. The smallest absolute Gasteiger partial charge is 0.159 e. The summed E-state index contributed by atoms with van der Waals surface area (Å²) in [6.07, 6.45) is 19.6. The zero-order chi connectivity index (χ0) is 20.0. The Morgan fingerprint density at radius 2 is 1.25 bits per heavy atom. The molecule has 2 aromatic rings. The van der Waals surface area contributed by atoms with Gasteiger partial charge in [0.2, 0.25) is 0 Å². The maximum atomic E-state index is 4.60. The molecule has 0 amide bonds. The normalized spacial score (nSPS) is 11.3. The molecule has 2 rings (SSSR count). The van der Waals surface area contributed by atoms with Crippen LogP contribution in [0.3, 0.4) is 0 Å². The van der Waals surface area contributed by atoms with Crippen molar-refractivity contribution in [3.05, 3.63) is 47.8 Å². The lowest BCUT2D eigenvalue weighted by Gasteiger charge is -2.06. The van der Waals surface area contributed by atoms with Crippen molar-refractivity contribution in [2.75, 3.05) is 0 Å². The fourth-order valence-electron chi connectivity index (χ4n) is 3.62. The van der Waals surface area contributed by atoms with E-state index in [1.54, 1.807) is 0 Å². The quantitative estimate of drug-likeness (QED) is 0.312. The van der Waals surface area contributed by atoms with E-state index in [0.717, 1.165) is 23.7 Å². The number of benzene rings is 1. The Morgan fingerprint density at radius 3 is 1.89 bits per heavy atom. The molecule has 1 aromatic carbocycles. The molecule has 0 bridgehead atoms. The molecule has 2 nitrogen and oxygen atoms in total. The largest absolute Gasteiger partial charge is 0.236 e. The highest BCUT2D eigenvalue weighted by molar-refractivity contribution is 5.55. The van der Waals surface area contributed by atoms with Gasteiger partial charge in [0.05, 0.1) is 0 Å². The minimum absolute atomic E-state index is 0.843. The molecule has 0 aliphatic carbocycles. The topological polar surface area (TPSA) is 25.8 Å². The minimum atomic E-state index is 0.843. The van der Waals surface area contributed by atoms with Crippen molar-refractivity contribution in [1.82, 2.24) is 9.97 Å². The van der Waals surface area contributed by atoms with Crippen LogP contribution in [0.2, 0.25) is 0 Å². The van der Waals surface area contributed by atoms with Gasteiger partial charge in [-0.15, -0.1) is 0 Å². The van der Waals surface area contributed by atoms with Gasteiger partial charge in [-0.2, -0.15) is 0 Å². The fraction of sp³-hybridized carbons (Fsp3) is 0.615. The van der Waals surface area contributed by atoms with Gasteiger partial charge in [-0.3, -0.25) is 0 Å². The summed E-state index contributed by atoms with van der Waals surface area (Å²) in [7, 11) is 0. The first-order valence-corrected chi connectivity index (χ1v) is 11.6. The molecular formula is C26H40N2. The van der Waals surface area contributed by atoms with Crippen molar-refractivity contribution in [1.29, 1.82) is 0 Å². The molecule has 0 fully saturated rings. The van der Waals surface area contributed by atoms with Gasteiger partial charge in [-0.05, 0) is 42.7 Å². The van der Waals surface area contributed by atoms with E-state index >= 15 is 0 Å². The van der Waals surface area contributed by atoms with Crippen LogP contribution >= 0.6 is 0 Å². The number of aryl methyl sites for hydroxylation is 2. The van der Waals surface area contributed by atoms with Crippen LogP contribution in [0.4, 0.5) is 0 Å². The number of hydrogen-bond donors (Lipinski definition) is 0. The zero-order valence-corrected chi connectivity index (χ0v) is 18.4.